The molecule has 106 valence electrons. The molecule has 0 bridgehead atoms. The molecule has 21 heavy (non-hydrogen) atoms. The lowest BCUT2D eigenvalue weighted by molar-refractivity contribution is 0.686. The average molecular weight is 279 g/mol. The Morgan fingerprint density at radius 3 is 2.81 bits per heavy atom. The molecule has 0 radical (unpaired) electrons. The van der Waals surface area contributed by atoms with Gasteiger partial charge >= 0.3 is 0 Å². The van der Waals surface area contributed by atoms with Gasteiger partial charge in [-0.1, -0.05) is 24.8 Å². The predicted octanol–water partition coefficient (Wildman–Crippen LogP) is 2.46. The summed E-state index contributed by atoms with van der Waals surface area (Å²) in [7, 11) is 0. The van der Waals surface area contributed by atoms with Crippen LogP contribution in [0, 0.1) is 0 Å². The molecule has 5 nitrogen and oxygen atoms in total. The van der Waals surface area contributed by atoms with Gasteiger partial charge in [-0.15, -0.1) is 0 Å². The number of rotatable bonds is 6. The summed E-state index contributed by atoms with van der Waals surface area (Å²) in [4.78, 5) is 0. The summed E-state index contributed by atoms with van der Waals surface area (Å²) in [6.07, 6.45) is 9.21. The Balaban J connectivity index is 1.67. The SMILES string of the molecule is C=Cn1cc(CNCc2ccccc2-n2cccn2)cn1. The molecule has 1 N–H and O–H groups in total. The van der Waals surface area contributed by atoms with Gasteiger partial charge in [0.25, 0.3) is 0 Å². The maximum atomic E-state index is 4.29. The van der Waals surface area contributed by atoms with Crippen LogP contribution in [-0.2, 0) is 13.1 Å². The lowest BCUT2D eigenvalue weighted by Gasteiger charge is -2.10. The summed E-state index contributed by atoms with van der Waals surface area (Å²) < 4.78 is 3.58. The summed E-state index contributed by atoms with van der Waals surface area (Å²) in [5.41, 5.74) is 3.43. The maximum absolute atomic E-state index is 4.29. The minimum atomic E-state index is 0.765. The van der Waals surface area contributed by atoms with Crippen LogP contribution in [0.25, 0.3) is 11.9 Å². The molecule has 2 aromatic heterocycles. The first kappa shape index (κ1) is 13.3. The van der Waals surface area contributed by atoms with E-state index in [-0.39, 0.29) is 0 Å². The van der Waals surface area contributed by atoms with E-state index in [0.717, 1.165) is 24.3 Å². The molecule has 0 unspecified atom stereocenters. The lowest BCUT2D eigenvalue weighted by atomic mass is 10.1. The van der Waals surface area contributed by atoms with Crippen LogP contribution in [0.15, 0.2) is 61.7 Å². The van der Waals surface area contributed by atoms with E-state index in [1.54, 1.807) is 17.1 Å². The zero-order chi connectivity index (χ0) is 14.5. The third-order valence-electron chi connectivity index (χ3n) is 3.23. The minimum Gasteiger partial charge on any atom is -0.308 e. The Bertz CT molecular complexity index is 712. The molecule has 0 aliphatic rings. The molecular formula is C16H17N5. The Morgan fingerprint density at radius 2 is 2.05 bits per heavy atom. The second kappa shape index (κ2) is 6.19. The number of nitrogens with one attached hydrogen (secondary N) is 1. The van der Waals surface area contributed by atoms with Crippen LogP contribution in [-0.4, -0.2) is 19.6 Å². The Kier molecular flexibility index (Phi) is 3.93. The van der Waals surface area contributed by atoms with Crippen LogP contribution in [0.1, 0.15) is 11.1 Å². The van der Waals surface area contributed by atoms with E-state index >= 15 is 0 Å². The molecule has 0 atom stereocenters. The third kappa shape index (κ3) is 3.09. The van der Waals surface area contributed by atoms with Crippen LogP contribution >= 0.6 is 0 Å². The van der Waals surface area contributed by atoms with Gasteiger partial charge in [0.1, 0.15) is 0 Å². The first-order chi connectivity index (χ1) is 10.4. The van der Waals surface area contributed by atoms with E-state index in [1.807, 2.05) is 41.5 Å². The fourth-order valence-corrected chi connectivity index (χ4v) is 2.21. The summed E-state index contributed by atoms with van der Waals surface area (Å²) in [6, 6.07) is 10.2. The molecule has 0 saturated carbocycles. The molecule has 2 heterocycles. The largest absolute Gasteiger partial charge is 0.308 e. The van der Waals surface area contributed by atoms with E-state index in [2.05, 4.69) is 34.2 Å². The maximum Gasteiger partial charge on any atom is 0.0690 e. The van der Waals surface area contributed by atoms with Crippen molar-refractivity contribution in [3.05, 3.63) is 72.8 Å². The number of hydrogen-bond donors (Lipinski definition) is 1. The standard InChI is InChI=1S/C16H17N5/c1-2-20-13-14(11-19-20)10-17-12-15-6-3-4-7-16(15)21-9-5-8-18-21/h2-9,11,13,17H,1,10,12H2. The zero-order valence-electron chi connectivity index (χ0n) is 11.7. The van der Waals surface area contributed by atoms with Crippen molar-refractivity contribution in [2.45, 2.75) is 13.1 Å². The van der Waals surface area contributed by atoms with Crippen LogP contribution in [0.3, 0.4) is 0 Å². The number of aromatic nitrogens is 4. The highest BCUT2D eigenvalue weighted by Crippen LogP contribution is 2.13. The monoisotopic (exact) mass is 279 g/mol. The van der Waals surface area contributed by atoms with Crippen molar-refractivity contribution in [1.82, 2.24) is 24.9 Å². The first-order valence-electron chi connectivity index (χ1n) is 6.81. The Morgan fingerprint density at radius 1 is 1.14 bits per heavy atom. The van der Waals surface area contributed by atoms with E-state index in [4.69, 9.17) is 0 Å². The van der Waals surface area contributed by atoms with E-state index in [1.165, 1.54) is 5.56 Å². The molecule has 0 fully saturated rings. The average Bonchev–Trinajstić information content (AvgIpc) is 3.19. The highest BCUT2D eigenvalue weighted by molar-refractivity contribution is 5.40. The second-order valence-electron chi connectivity index (χ2n) is 4.69. The number of benzene rings is 1. The second-order valence-corrected chi connectivity index (χ2v) is 4.69. The van der Waals surface area contributed by atoms with Crippen molar-refractivity contribution in [3.63, 3.8) is 0 Å². The van der Waals surface area contributed by atoms with Crippen molar-refractivity contribution in [3.8, 4) is 5.69 Å². The number of para-hydroxylation sites is 1. The fourth-order valence-electron chi connectivity index (χ4n) is 2.21. The van der Waals surface area contributed by atoms with Crippen LogP contribution in [0.5, 0.6) is 0 Å². The summed E-state index contributed by atoms with van der Waals surface area (Å²) in [5, 5.41) is 11.9. The highest BCUT2D eigenvalue weighted by Gasteiger charge is 2.04. The van der Waals surface area contributed by atoms with Crippen molar-refractivity contribution in [2.75, 3.05) is 0 Å². The highest BCUT2D eigenvalue weighted by atomic mass is 15.3. The molecule has 0 spiro atoms. The van der Waals surface area contributed by atoms with Crippen molar-refractivity contribution >= 4 is 6.20 Å². The van der Waals surface area contributed by atoms with Gasteiger partial charge in [-0.05, 0) is 17.7 Å². The van der Waals surface area contributed by atoms with Crippen LogP contribution in [0.2, 0.25) is 0 Å². The number of hydrogen-bond acceptors (Lipinski definition) is 3. The van der Waals surface area contributed by atoms with Gasteiger partial charge in [0.2, 0.25) is 0 Å². The molecule has 3 rings (SSSR count). The summed E-state index contributed by atoms with van der Waals surface area (Å²) >= 11 is 0. The lowest BCUT2D eigenvalue weighted by Crippen LogP contribution is -2.14. The predicted molar refractivity (Wildman–Crippen MR) is 82.7 cm³/mol. The Hall–Kier alpha value is -2.66. The molecule has 0 amide bonds. The van der Waals surface area contributed by atoms with Crippen molar-refractivity contribution in [2.24, 2.45) is 0 Å². The van der Waals surface area contributed by atoms with Gasteiger partial charge in [-0.2, -0.15) is 10.2 Å². The zero-order valence-corrected chi connectivity index (χ0v) is 11.7. The van der Waals surface area contributed by atoms with Gasteiger partial charge in [0, 0.05) is 43.4 Å². The van der Waals surface area contributed by atoms with Crippen LogP contribution in [0.4, 0.5) is 0 Å². The van der Waals surface area contributed by atoms with E-state index < -0.39 is 0 Å². The summed E-state index contributed by atoms with van der Waals surface area (Å²) in [6.45, 7) is 5.22. The summed E-state index contributed by atoms with van der Waals surface area (Å²) in [5.74, 6) is 0. The topological polar surface area (TPSA) is 47.7 Å². The van der Waals surface area contributed by atoms with Gasteiger partial charge in [0.15, 0.2) is 0 Å². The van der Waals surface area contributed by atoms with Crippen LogP contribution < -0.4 is 5.32 Å². The van der Waals surface area contributed by atoms with Gasteiger partial charge in [-0.3, -0.25) is 0 Å². The molecular weight excluding hydrogens is 262 g/mol. The van der Waals surface area contributed by atoms with Gasteiger partial charge in [-0.25, -0.2) is 9.36 Å². The normalized spacial score (nSPS) is 10.7. The third-order valence-corrected chi connectivity index (χ3v) is 3.23. The minimum absolute atomic E-state index is 0.765. The van der Waals surface area contributed by atoms with Crippen molar-refractivity contribution < 1.29 is 0 Å². The Labute approximate surface area is 123 Å². The quantitative estimate of drug-likeness (QED) is 0.754. The molecule has 3 aromatic rings. The molecule has 1 aromatic carbocycles. The molecule has 5 heteroatoms. The van der Waals surface area contributed by atoms with Crippen molar-refractivity contribution in [1.29, 1.82) is 0 Å². The molecule has 0 aliphatic carbocycles. The van der Waals surface area contributed by atoms with Gasteiger partial charge < -0.3 is 5.32 Å². The molecule has 0 aliphatic heterocycles. The van der Waals surface area contributed by atoms with E-state index in [0.29, 0.717) is 0 Å². The van der Waals surface area contributed by atoms with E-state index in [9.17, 15) is 0 Å². The number of nitrogens with zero attached hydrogens (tertiary/aromatic N) is 4. The fraction of sp³-hybridized carbons (Fsp3) is 0.125. The first-order valence-corrected chi connectivity index (χ1v) is 6.81. The van der Waals surface area contributed by atoms with Gasteiger partial charge in [0.05, 0.1) is 11.9 Å². The molecule has 0 saturated heterocycles. The smallest absolute Gasteiger partial charge is 0.0690 e.